The molecule has 1 heteroatoms. The minimum atomic E-state index is 0.843. The van der Waals surface area contributed by atoms with Gasteiger partial charge < -0.3 is 0 Å². The van der Waals surface area contributed by atoms with Gasteiger partial charge in [0, 0.05) is 0 Å². The molecule has 0 saturated heterocycles. The van der Waals surface area contributed by atoms with Gasteiger partial charge >= 0.3 is 38.0 Å². The fourth-order valence-corrected chi connectivity index (χ4v) is 0. The van der Waals surface area contributed by atoms with Gasteiger partial charge in [-0.15, -0.1) is 0 Å². The van der Waals surface area contributed by atoms with Crippen molar-refractivity contribution >= 4 is 0 Å². The molecule has 4 heavy (non-hydrogen) atoms. The molecule has 0 rings (SSSR count). The topological polar surface area (TPSA) is 0 Å². The van der Waals surface area contributed by atoms with Gasteiger partial charge in [0.05, 0.1) is 0 Å². The zero-order valence-corrected chi connectivity index (χ0v) is 4.99. The van der Waals surface area contributed by atoms with Gasteiger partial charge in [0.25, 0.3) is 0 Å². The van der Waals surface area contributed by atoms with Gasteiger partial charge in [0.1, 0.15) is 0 Å². The summed E-state index contributed by atoms with van der Waals surface area (Å²) >= 11 is 2.11. The van der Waals surface area contributed by atoms with Crippen LogP contribution in [0.3, 0.4) is 0 Å². The summed E-state index contributed by atoms with van der Waals surface area (Å²) in [5.74, 6) is 0. The van der Waals surface area contributed by atoms with E-state index in [-0.39, 0.29) is 0 Å². The van der Waals surface area contributed by atoms with E-state index in [2.05, 4.69) is 33.7 Å². The van der Waals surface area contributed by atoms with Crippen LogP contribution >= 0.6 is 0 Å². The fraction of sp³-hybridized carbons (Fsp3) is 1.00. The number of hydrogen-bond donors (Lipinski definition) is 0. The summed E-state index contributed by atoms with van der Waals surface area (Å²) in [5, 5.41) is 0. The van der Waals surface area contributed by atoms with Gasteiger partial charge in [-0.1, -0.05) is 0 Å². The zero-order chi connectivity index (χ0) is 3.58. The quantitative estimate of drug-likeness (QED) is 0.444. The van der Waals surface area contributed by atoms with Crippen LogP contribution in [0.15, 0.2) is 0 Å². The Morgan fingerprint density at radius 1 is 1.50 bits per heavy atom. The first-order chi connectivity index (χ1) is 1.73. The first-order valence-electron chi connectivity index (χ1n) is 1.39. The predicted molar refractivity (Wildman–Crippen MR) is 15.1 cm³/mol. The van der Waals surface area contributed by atoms with Gasteiger partial charge in [-0.25, -0.2) is 0 Å². The van der Waals surface area contributed by atoms with E-state index in [9.17, 15) is 0 Å². The summed E-state index contributed by atoms with van der Waals surface area (Å²) in [6.07, 6.45) is 0. The minimum absolute atomic E-state index is 0.843. The number of rotatable bonds is 0. The van der Waals surface area contributed by atoms with Crippen LogP contribution < -0.4 is 0 Å². The van der Waals surface area contributed by atoms with Gasteiger partial charge in [0.2, 0.25) is 0 Å². The molecule has 25 valence electrons. The Morgan fingerprint density at radius 2 is 1.50 bits per heavy atom. The predicted octanol–water partition coefficient (Wildman–Crippen LogP) is 1.36. The van der Waals surface area contributed by atoms with Crippen molar-refractivity contribution in [1.82, 2.24) is 0 Å². The maximum atomic E-state index is 2.17. The first-order valence-corrected chi connectivity index (χ1v) is 2.55. The summed E-state index contributed by atoms with van der Waals surface area (Å²) in [6.45, 7) is 4.34. The van der Waals surface area contributed by atoms with Crippen molar-refractivity contribution in [2.75, 3.05) is 0 Å². The van der Waals surface area contributed by atoms with Crippen LogP contribution in [-0.4, -0.2) is 0 Å². The molecule has 0 atom stereocenters. The van der Waals surface area contributed by atoms with E-state index < -0.39 is 0 Å². The Kier molecular flexibility index (Phi) is 2.30. The second-order valence-corrected chi connectivity index (χ2v) is 3.37. The van der Waals surface area contributed by atoms with E-state index in [0.29, 0.717) is 0 Å². The summed E-state index contributed by atoms with van der Waals surface area (Å²) in [4.78, 5) is 0. The van der Waals surface area contributed by atoms with Crippen molar-refractivity contribution in [1.29, 1.82) is 0 Å². The van der Waals surface area contributed by atoms with E-state index in [1.807, 2.05) is 0 Å². The van der Waals surface area contributed by atoms with Gasteiger partial charge in [-0.05, 0) is 0 Å². The molecule has 0 aliphatic heterocycles. The van der Waals surface area contributed by atoms with Crippen molar-refractivity contribution < 1.29 is 19.8 Å². The maximum absolute atomic E-state index is 2.17. The Morgan fingerprint density at radius 3 is 1.50 bits per heavy atom. The van der Waals surface area contributed by atoms with Crippen LogP contribution in [0.2, 0.25) is 4.31 Å². The molecule has 0 radical (unpaired) electrons. The third kappa shape index (κ3) is 16.2. The van der Waals surface area contributed by atoms with Crippen LogP contribution in [0.1, 0.15) is 13.8 Å². The molecule has 0 aromatic carbocycles. The Hall–Kier alpha value is 0.688. The second-order valence-electron chi connectivity index (χ2n) is 1.05. The van der Waals surface area contributed by atoms with Gasteiger partial charge in [-0.2, -0.15) is 0 Å². The fourth-order valence-electron chi connectivity index (χ4n) is 0. The molecule has 0 amide bonds. The molecule has 0 bridgehead atoms. The molecule has 0 aliphatic carbocycles. The van der Waals surface area contributed by atoms with Crippen LogP contribution in [-0.2, 0) is 19.8 Å². The van der Waals surface area contributed by atoms with E-state index in [1.165, 1.54) is 0 Å². The molecule has 0 aromatic rings. The molecule has 0 heterocycles. The average molecular weight is 139 g/mol. The molecule has 0 fully saturated rings. The van der Waals surface area contributed by atoms with E-state index in [4.69, 9.17) is 0 Å². The zero-order valence-electron chi connectivity index (χ0n) is 2.99. The second kappa shape index (κ2) is 1.96. The number of hydrogen-bond acceptors (Lipinski definition) is 0. The summed E-state index contributed by atoms with van der Waals surface area (Å²) in [5.41, 5.74) is 0. The van der Waals surface area contributed by atoms with Crippen molar-refractivity contribution in [3.63, 3.8) is 0 Å². The van der Waals surface area contributed by atoms with Crippen LogP contribution in [0.5, 0.6) is 0 Å². The van der Waals surface area contributed by atoms with Crippen molar-refractivity contribution in [3.05, 3.63) is 0 Å². The average Bonchev–Trinajstić information content (AvgIpc) is 0.811. The van der Waals surface area contributed by atoms with Crippen molar-refractivity contribution in [2.45, 2.75) is 18.2 Å². The third-order valence-corrected chi connectivity index (χ3v) is 0. The molecular weight excluding hydrogens is 132 g/mol. The normalized spacial score (nSPS) is 8.75. The Bertz CT molecular complexity index is 8.00. The van der Waals surface area contributed by atoms with E-state index >= 15 is 0 Å². The first kappa shape index (κ1) is 4.69. The summed E-state index contributed by atoms with van der Waals surface area (Å²) in [6, 6.07) is 0. The summed E-state index contributed by atoms with van der Waals surface area (Å²) < 4.78 is 0.843. The molecule has 0 aromatic heterocycles. The molecule has 0 spiro atoms. The third-order valence-electron chi connectivity index (χ3n) is 0. The van der Waals surface area contributed by atoms with Crippen molar-refractivity contribution in [3.8, 4) is 0 Å². The van der Waals surface area contributed by atoms with Crippen molar-refractivity contribution in [2.24, 2.45) is 0 Å². The molecule has 0 N–H and O–H groups in total. The molecular formula is C3H7Mo. The molecule has 0 saturated carbocycles. The van der Waals surface area contributed by atoms with Crippen LogP contribution in [0, 0.1) is 0 Å². The van der Waals surface area contributed by atoms with E-state index in [0.717, 1.165) is 4.31 Å². The van der Waals surface area contributed by atoms with Crippen LogP contribution in [0.25, 0.3) is 0 Å². The Balaban J connectivity index is 2.32. The van der Waals surface area contributed by atoms with Crippen LogP contribution in [0.4, 0.5) is 0 Å². The molecule has 0 aliphatic rings. The van der Waals surface area contributed by atoms with E-state index in [1.54, 1.807) is 0 Å². The monoisotopic (exact) mass is 141 g/mol. The molecule has 0 unspecified atom stereocenters. The standard InChI is InChI=1S/C3H7.Mo/c1-3-2;/h3H,1-2H3;. The Labute approximate surface area is 38.5 Å². The SMILES string of the molecule is C[CH](C)[Mo]. The van der Waals surface area contributed by atoms with Gasteiger partial charge in [-0.3, -0.25) is 0 Å². The van der Waals surface area contributed by atoms with Gasteiger partial charge in [0.15, 0.2) is 0 Å². The summed E-state index contributed by atoms with van der Waals surface area (Å²) in [7, 11) is 0. The molecule has 0 nitrogen and oxygen atoms in total.